The Kier molecular flexibility index (Phi) is 8.55. The van der Waals surface area contributed by atoms with Crippen LogP contribution in [-0.4, -0.2) is 73.8 Å². The van der Waals surface area contributed by atoms with E-state index in [0.29, 0.717) is 12.0 Å². The summed E-state index contributed by atoms with van der Waals surface area (Å²) in [6.45, 7) is 13.3. The molecule has 2 atom stereocenters. The first-order valence-electron chi connectivity index (χ1n) is 9.16. The molecule has 5 nitrogen and oxygen atoms in total. The molecule has 0 saturated carbocycles. The number of hydrogen-bond donors (Lipinski definition) is 2. The lowest BCUT2D eigenvalue weighted by Crippen LogP contribution is -2.48. The molecule has 0 bridgehead atoms. The van der Waals surface area contributed by atoms with Crippen LogP contribution in [0.3, 0.4) is 0 Å². The van der Waals surface area contributed by atoms with Gasteiger partial charge in [-0.3, -0.25) is 9.89 Å². The summed E-state index contributed by atoms with van der Waals surface area (Å²) in [4.78, 5) is 7.41. The summed E-state index contributed by atoms with van der Waals surface area (Å²) < 4.78 is 5.48. The molecule has 0 aromatic carbocycles. The Morgan fingerprint density at radius 3 is 2.70 bits per heavy atom. The van der Waals surface area contributed by atoms with Crippen molar-refractivity contribution in [2.45, 2.75) is 44.9 Å². The second kappa shape index (κ2) is 10.4. The maximum absolute atomic E-state index is 5.48. The van der Waals surface area contributed by atoms with Gasteiger partial charge in [-0.15, -0.1) is 0 Å². The number of aliphatic imine (C=N–C) groups is 1. The smallest absolute Gasteiger partial charge is 0.191 e. The topological polar surface area (TPSA) is 48.9 Å². The van der Waals surface area contributed by atoms with E-state index in [2.05, 4.69) is 48.1 Å². The fraction of sp³-hybridized carbons (Fsp3) is 0.941. The van der Waals surface area contributed by atoms with Crippen LogP contribution in [-0.2, 0) is 4.74 Å². The van der Waals surface area contributed by atoms with Gasteiger partial charge in [0.15, 0.2) is 5.96 Å². The van der Waals surface area contributed by atoms with E-state index >= 15 is 0 Å². The SMILES string of the molecule is CCNC(=NCC(C(C)C)N1CCOCC1)NCC1CCCS1. The predicted molar refractivity (Wildman–Crippen MR) is 100 cm³/mol. The molecule has 2 aliphatic rings. The molecule has 2 saturated heterocycles. The minimum Gasteiger partial charge on any atom is -0.379 e. The molecule has 2 rings (SSSR count). The molecule has 2 heterocycles. The number of nitrogens with zero attached hydrogens (tertiary/aromatic N) is 2. The van der Waals surface area contributed by atoms with E-state index < -0.39 is 0 Å². The minimum absolute atomic E-state index is 0.496. The first-order valence-corrected chi connectivity index (χ1v) is 10.2. The fourth-order valence-corrected chi connectivity index (χ4v) is 4.40. The van der Waals surface area contributed by atoms with Crippen molar-refractivity contribution in [2.24, 2.45) is 10.9 Å². The molecule has 0 aromatic heterocycles. The van der Waals surface area contributed by atoms with Crippen molar-refractivity contribution >= 4 is 17.7 Å². The lowest BCUT2D eigenvalue weighted by molar-refractivity contribution is 0.00867. The van der Waals surface area contributed by atoms with E-state index in [1.807, 2.05) is 0 Å². The molecule has 2 N–H and O–H groups in total. The highest BCUT2D eigenvalue weighted by Gasteiger charge is 2.23. The van der Waals surface area contributed by atoms with Gasteiger partial charge in [-0.25, -0.2) is 0 Å². The van der Waals surface area contributed by atoms with Crippen LogP contribution in [0, 0.1) is 5.92 Å². The number of thioether (sulfide) groups is 1. The number of morpholine rings is 1. The Labute approximate surface area is 146 Å². The van der Waals surface area contributed by atoms with Crippen molar-refractivity contribution in [3.8, 4) is 0 Å². The highest BCUT2D eigenvalue weighted by Crippen LogP contribution is 2.25. The zero-order valence-electron chi connectivity index (χ0n) is 15.0. The van der Waals surface area contributed by atoms with Crippen LogP contribution in [0.2, 0.25) is 0 Å². The molecule has 23 heavy (non-hydrogen) atoms. The molecule has 0 radical (unpaired) electrons. The molecule has 0 spiro atoms. The number of hydrogen-bond acceptors (Lipinski definition) is 4. The van der Waals surface area contributed by atoms with Crippen LogP contribution in [0.1, 0.15) is 33.6 Å². The Morgan fingerprint density at radius 2 is 2.09 bits per heavy atom. The summed E-state index contributed by atoms with van der Waals surface area (Å²) in [5.74, 6) is 2.89. The van der Waals surface area contributed by atoms with E-state index in [1.54, 1.807) is 0 Å². The van der Waals surface area contributed by atoms with Crippen LogP contribution in [0.15, 0.2) is 4.99 Å². The molecule has 134 valence electrons. The van der Waals surface area contributed by atoms with E-state index in [4.69, 9.17) is 9.73 Å². The normalized spacial score (nSPS) is 24.9. The van der Waals surface area contributed by atoms with Crippen LogP contribution >= 0.6 is 11.8 Å². The first kappa shape index (κ1) is 18.9. The van der Waals surface area contributed by atoms with Gasteiger partial charge in [0.1, 0.15) is 0 Å². The quantitative estimate of drug-likeness (QED) is 0.546. The van der Waals surface area contributed by atoms with E-state index in [9.17, 15) is 0 Å². The highest BCUT2D eigenvalue weighted by atomic mass is 32.2. The van der Waals surface area contributed by atoms with Crippen molar-refractivity contribution < 1.29 is 4.74 Å². The zero-order chi connectivity index (χ0) is 16.5. The van der Waals surface area contributed by atoms with Crippen molar-refractivity contribution in [3.05, 3.63) is 0 Å². The highest BCUT2D eigenvalue weighted by molar-refractivity contribution is 8.00. The average Bonchev–Trinajstić information content (AvgIpc) is 3.07. The standard InChI is InChI=1S/C17H34N4OS/c1-4-18-17(19-12-15-6-5-11-23-15)20-13-16(14(2)3)21-7-9-22-10-8-21/h14-16H,4-13H2,1-3H3,(H2,18,19,20). The van der Waals surface area contributed by atoms with Crippen molar-refractivity contribution in [3.63, 3.8) is 0 Å². The average molecular weight is 343 g/mol. The van der Waals surface area contributed by atoms with Gasteiger partial charge in [0.25, 0.3) is 0 Å². The van der Waals surface area contributed by atoms with Gasteiger partial charge in [-0.05, 0) is 31.4 Å². The maximum Gasteiger partial charge on any atom is 0.191 e. The third-order valence-corrected chi connectivity index (χ3v) is 5.98. The molecular formula is C17H34N4OS. The second-order valence-electron chi connectivity index (χ2n) is 6.70. The fourth-order valence-electron chi connectivity index (χ4n) is 3.20. The Balaban J connectivity index is 1.87. The van der Waals surface area contributed by atoms with Gasteiger partial charge in [-0.1, -0.05) is 13.8 Å². The third-order valence-electron chi connectivity index (χ3n) is 4.59. The van der Waals surface area contributed by atoms with Gasteiger partial charge in [0, 0.05) is 37.5 Å². The van der Waals surface area contributed by atoms with E-state index in [-0.39, 0.29) is 0 Å². The van der Waals surface area contributed by atoms with Crippen molar-refractivity contribution in [1.82, 2.24) is 15.5 Å². The largest absolute Gasteiger partial charge is 0.379 e. The summed E-state index contributed by atoms with van der Waals surface area (Å²) in [7, 11) is 0. The summed E-state index contributed by atoms with van der Waals surface area (Å²) in [5.41, 5.74) is 0. The second-order valence-corrected chi connectivity index (χ2v) is 8.10. The molecule has 2 fully saturated rings. The molecular weight excluding hydrogens is 308 g/mol. The molecule has 0 amide bonds. The van der Waals surface area contributed by atoms with Crippen LogP contribution in [0.4, 0.5) is 0 Å². The monoisotopic (exact) mass is 342 g/mol. The van der Waals surface area contributed by atoms with E-state index in [0.717, 1.165) is 57.1 Å². The van der Waals surface area contributed by atoms with Crippen LogP contribution < -0.4 is 10.6 Å². The lowest BCUT2D eigenvalue weighted by Gasteiger charge is -2.36. The molecule has 2 unspecified atom stereocenters. The maximum atomic E-state index is 5.48. The third kappa shape index (κ3) is 6.51. The Morgan fingerprint density at radius 1 is 1.30 bits per heavy atom. The molecule has 6 heteroatoms. The van der Waals surface area contributed by atoms with Crippen LogP contribution in [0.5, 0.6) is 0 Å². The molecule has 2 aliphatic heterocycles. The Hall–Kier alpha value is -0.460. The van der Waals surface area contributed by atoms with Crippen molar-refractivity contribution in [1.29, 1.82) is 0 Å². The minimum atomic E-state index is 0.496. The van der Waals surface area contributed by atoms with E-state index in [1.165, 1.54) is 18.6 Å². The zero-order valence-corrected chi connectivity index (χ0v) is 15.8. The summed E-state index contributed by atoms with van der Waals surface area (Å²) >= 11 is 2.09. The molecule has 0 aromatic rings. The van der Waals surface area contributed by atoms with Crippen LogP contribution in [0.25, 0.3) is 0 Å². The van der Waals surface area contributed by atoms with Gasteiger partial charge >= 0.3 is 0 Å². The number of rotatable bonds is 7. The number of guanidine groups is 1. The predicted octanol–water partition coefficient (Wildman–Crippen LogP) is 1.79. The Bertz CT molecular complexity index is 353. The summed E-state index contributed by atoms with van der Waals surface area (Å²) in [6.07, 6.45) is 2.69. The summed E-state index contributed by atoms with van der Waals surface area (Å²) in [5, 5.41) is 7.67. The summed E-state index contributed by atoms with van der Waals surface area (Å²) in [6, 6.07) is 0.496. The first-order chi connectivity index (χ1) is 11.2. The number of ether oxygens (including phenoxy) is 1. The molecule has 0 aliphatic carbocycles. The van der Waals surface area contributed by atoms with Gasteiger partial charge in [0.2, 0.25) is 0 Å². The van der Waals surface area contributed by atoms with Gasteiger partial charge in [-0.2, -0.15) is 11.8 Å². The van der Waals surface area contributed by atoms with Gasteiger partial charge < -0.3 is 15.4 Å². The number of nitrogens with one attached hydrogen (secondary N) is 2. The van der Waals surface area contributed by atoms with Gasteiger partial charge in [0.05, 0.1) is 19.8 Å². The lowest BCUT2D eigenvalue weighted by atomic mass is 10.0. The van der Waals surface area contributed by atoms with Crippen molar-refractivity contribution in [2.75, 3.05) is 51.7 Å².